The van der Waals surface area contributed by atoms with Crippen LogP contribution in [-0.4, -0.2) is 45.9 Å². The van der Waals surface area contributed by atoms with Gasteiger partial charge in [0.15, 0.2) is 11.8 Å². The first-order chi connectivity index (χ1) is 14.0. The quantitative estimate of drug-likeness (QED) is 0.332. The van der Waals surface area contributed by atoms with Gasteiger partial charge in [-0.25, -0.2) is 4.99 Å². The number of ether oxygens (including phenoxy) is 1. The Labute approximate surface area is 178 Å². The first kappa shape index (κ1) is 23.1. The van der Waals surface area contributed by atoms with Crippen molar-refractivity contribution in [1.82, 2.24) is 25.4 Å². The highest BCUT2D eigenvalue weighted by Crippen LogP contribution is 2.21. The van der Waals surface area contributed by atoms with Crippen molar-refractivity contribution in [3.63, 3.8) is 0 Å². The summed E-state index contributed by atoms with van der Waals surface area (Å²) in [6, 6.07) is 6.29. The predicted molar refractivity (Wildman–Crippen MR) is 122 cm³/mol. The molecule has 0 unspecified atom stereocenters. The van der Waals surface area contributed by atoms with Gasteiger partial charge in [-0.05, 0) is 50.3 Å². The Morgan fingerprint density at radius 3 is 2.76 bits per heavy atom. The van der Waals surface area contributed by atoms with E-state index in [4.69, 9.17) is 9.73 Å². The first-order valence-electron chi connectivity index (χ1n) is 10.1. The maximum atomic E-state index is 5.93. The minimum atomic E-state index is 0.551. The molecule has 1 heterocycles. The van der Waals surface area contributed by atoms with Gasteiger partial charge in [-0.1, -0.05) is 19.1 Å². The second kappa shape index (κ2) is 12.4. The summed E-state index contributed by atoms with van der Waals surface area (Å²) >= 11 is 1.85. The minimum Gasteiger partial charge on any atom is -0.493 e. The van der Waals surface area contributed by atoms with Crippen molar-refractivity contribution in [2.24, 2.45) is 12.0 Å². The lowest BCUT2D eigenvalue weighted by atomic mass is 10.1. The van der Waals surface area contributed by atoms with E-state index in [0.717, 1.165) is 54.1 Å². The molecule has 0 aliphatic carbocycles. The number of thioether (sulfide) groups is 1. The van der Waals surface area contributed by atoms with Gasteiger partial charge in [0.25, 0.3) is 0 Å². The summed E-state index contributed by atoms with van der Waals surface area (Å²) in [5.74, 6) is 4.58. The van der Waals surface area contributed by atoms with Crippen molar-refractivity contribution in [3.05, 3.63) is 41.0 Å². The molecule has 0 bridgehead atoms. The van der Waals surface area contributed by atoms with Gasteiger partial charge in [-0.15, -0.1) is 10.2 Å². The van der Waals surface area contributed by atoms with Crippen LogP contribution in [0.1, 0.15) is 42.5 Å². The molecule has 2 rings (SSSR count). The Kier molecular flexibility index (Phi) is 9.83. The fourth-order valence-corrected chi connectivity index (χ4v) is 3.10. The smallest absolute Gasteiger partial charge is 0.191 e. The number of hydrogen-bond donors (Lipinski definition) is 2. The van der Waals surface area contributed by atoms with Crippen LogP contribution in [0.5, 0.6) is 5.75 Å². The Morgan fingerprint density at radius 2 is 2.07 bits per heavy atom. The molecule has 0 aliphatic rings. The monoisotopic (exact) mass is 418 g/mol. The molecule has 160 valence electrons. The standard InChI is InChI=1S/C21H34N6OS/c1-6-11-28-19-13-16(2)8-9-18(19)14-23-21(22-10-7-12-29-5)24-15-20-26-25-17(3)27(20)4/h8-9,13H,6-7,10-12,14-15H2,1-5H3,(H2,22,23,24). The zero-order valence-electron chi connectivity index (χ0n) is 18.3. The second-order valence-electron chi connectivity index (χ2n) is 6.97. The SMILES string of the molecule is CCCOc1cc(C)ccc1CN=C(NCCCSC)NCc1nnc(C)n1C. The Morgan fingerprint density at radius 1 is 1.24 bits per heavy atom. The van der Waals surface area contributed by atoms with E-state index < -0.39 is 0 Å². The van der Waals surface area contributed by atoms with E-state index in [-0.39, 0.29) is 0 Å². The number of aromatic nitrogens is 3. The molecule has 0 saturated carbocycles. The second-order valence-corrected chi connectivity index (χ2v) is 7.96. The summed E-state index contributed by atoms with van der Waals surface area (Å²) in [4.78, 5) is 4.79. The summed E-state index contributed by atoms with van der Waals surface area (Å²) < 4.78 is 7.91. The molecule has 0 spiro atoms. The number of nitrogens with one attached hydrogen (secondary N) is 2. The topological polar surface area (TPSA) is 76.4 Å². The highest BCUT2D eigenvalue weighted by molar-refractivity contribution is 7.98. The number of benzene rings is 1. The van der Waals surface area contributed by atoms with Crippen LogP contribution >= 0.6 is 11.8 Å². The number of guanidine groups is 1. The zero-order valence-corrected chi connectivity index (χ0v) is 19.1. The largest absolute Gasteiger partial charge is 0.493 e. The first-order valence-corrected chi connectivity index (χ1v) is 11.5. The van der Waals surface area contributed by atoms with Crippen LogP contribution in [0.4, 0.5) is 0 Å². The molecule has 2 N–H and O–H groups in total. The van der Waals surface area contributed by atoms with Crippen LogP contribution in [0.2, 0.25) is 0 Å². The highest BCUT2D eigenvalue weighted by Gasteiger charge is 2.08. The predicted octanol–water partition coefficient (Wildman–Crippen LogP) is 3.21. The van der Waals surface area contributed by atoms with E-state index in [1.807, 2.05) is 30.3 Å². The van der Waals surface area contributed by atoms with Gasteiger partial charge in [0.05, 0.1) is 19.7 Å². The van der Waals surface area contributed by atoms with Gasteiger partial charge in [0.2, 0.25) is 0 Å². The Balaban J connectivity index is 2.08. The lowest BCUT2D eigenvalue weighted by Crippen LogP contribution is -2.38. The van der Waals surface area contributed by atoms with Gasteiger partial charge < -0.3 is 19.9 Å². The third kappa shape index (κ3) is 7.61. The third-order valence-electron chi connectivity index (χ3n) is 4.51. The average molecular weight is 419 g/mol. The van der Waals surface area contributed by atoms with Crippen molar-refractivity contribution in [3.8, 4) is 5.75 Å². The number of hydrogen-bond acceptors (Lipinski definition) is 5. The molecular weight excluding hydrogens is 384 g/mol. The summed E-state index contributed by atoms with van der Waals surface area (Å²) in [7, 11) is 1.97. The normalized spacial score (nSPS) is 11.6. The van der Waals surface area contributed by atoms with Crippen molar-refractivity contribution in [2.75, 3.05) is 25.2 Å². The molecule has 0 fully saturated rings. The van der Waals surface area contributed by atoms with Crippen LogP contribution in [0.25, 0.3) is 0 Å². The van der Waals surface area contributed by atoms with Crippen molar-refractivity contribution in [2.45, 2.75) is 46.7 Å². The Bertz CT molecular complexity index is 789. The van der Waals surface area contributed by atoms with Gasteiger partial charge in [0.1, 0.15) is 11.6 Å². The molecule has 0 atom stereocenters. The molecule has 1 aromatic heterocycles. The third-order valence-corrected chi connectivity index (χ3v) is 5.20. The zero-order chi connectivity index (χ0) is 21.1. The van der Waals surface area contributed by atoms with Crippen molar-refractivity contribution in [1.29, 1.82) is 0 Å². The van der Waals surface area contributed by atoms with Crippen molar-refractivity contribution < 1.29 is 4.74 Å². The molecule has 0 radical (unpaired) electrons. The number of aliphatic imine (C=N–C) groups is 1. The summed E-state index contributed by atoms with van der Waals surface area (Å²) in [6.07, 6.45) is 4.19. The number of rotatable bonds is 11. The molecular formula is C21H34N6OS. The van der Waals surface area contributed by atoms with Crippen molar-refractivity contribution >= 4 is 17.7 Å². The number of nitrogens with zero attached hydrogens (tertiary/aromatic N) is 4. The van der Waals surface area contributed by atoms with Gasteiger partial charge >= 0.3 is 0 Å². The van der Waals surface area contributed by atoms with E-state index in [9.17, 15) is 0 Å². The van der Waals surface area contributed by atoms with Crippen LogP contribution < -0.4 is 15.4 Å². The fraction of sp³-hybridized carbons (Fsp3) is 0.571. The summed E-state index contributed by atoms with van der Waals surface area (Å²) in [5.41, 5.74) is 2.28. The molecule has 2 aromatic rings. The summed E-state index contributed by atoms with van der Waals surface area (Å²) in [5, 5.41) is 15.1. The maximum Gasteiger partial charge on any atom is 0.191 e. The van der Waals surface area contributed by atoms with E-state index in [0.29, 0.717) is 19.7 Å². The molecule has 1 aromatic carbocycles. The van der Waals surface area contributed by atoms with Crippen LogP contribution in [0, 0.1) is 13.8 Å². The molecule has 7 nitrogen and oxygen atoms in total. The van der Waals surface area contributed by atoms with Crippen LogP contribution in [-0.2, 0) is 20.1 Å². The molecule has 8 heteroatoms. The van der Waals surface area contributed by atoms with Gasteiger partial charge in [-0.2, -0.15) is 11.8 Å². The average Bonchev–Trinajstić information content (AvgIpc) is 3.04. The number of aryl methyl sites for hydroxylation is 2. The molecule has 0 amide bonds. The van der Waals surface area contributed by atoms with Gasteiger partial charge in [0, 0.05) is 19.2 Å². The highest BCUT2D eigenvalue weighted by atomic mass is 32.2. The van der Waals surface area contributed by atoms with E-state index in [1.165, 1.54) is 5.56 Å². The lowest BCUT2D eigenvalue weighted by Gasteiger charge is -2.14. The molecule has 0 aliphatic heterocycles. The van der Waals surface area contributed by atoms with Gasteiger partial charge in [-0.3, -0.25) is 0 Å². The maximum absolute atomic E-state index is 5.93. The van der Waals surface area contributed by atoms with Crippen LogP contribution in [0.15, 0.2) is 23.2 Å². The molecule has 29 heavy (non-hydrogen) atoms. The molecule has 0 saturated heterocycles. The summed E-state index contributed by atoms with van der Waals surface area (Å²) in [6.45, 7) is 8.84. The lowest BCUT2D eigenvalue weighted by molar-refractivity contribution is 0.314. The fourth-order valence-electron chi connectivity index (χ4n) is 2.67. The Hall–Kier alpha value is -2.22. The van der Waals surface area contributed by atoms with Crippen LogP contribution in [0.3, 0.4) is 0 Å². The van der Waals surface area contributed by atoms with E-state index in [2.05, 4.69) is 59.1 Å². The van der Waals surface area contributed by atoms with E-state index in [1.54, 1.807) is 0 Å². The van der Waals surface area contributed by atoms with E-state index >= 15 is 0 Å². The minimum absolute atomic E-state index is 0.551.